The molecular formula is C20H15N5O2. The van der Waals surface area contributed by atoms with Gasteiger partial charge in [-0.3, -0.25) is 9.89 Å². The van der Waals surface area contributed by atoms with Crippen LogP contribution >= 0.6 is 0 Å². The zero-order chi connectivity index (χ0) is 18.8. The number of rotatable bonds is 4. The van der Waals surface area contributed by atoms with Crippen LogP contribution in [0.5, 0.6) is 5.75 Å². The number of nitrogens with zero attached hydrogens (tertiary/aromatic N) is 4. The topological polar surface area (TPSA) is 96.6 Å². The summed E-state index contributed by atoms with van der Waals surface area (Å²) in [5.74, 6) is 0.710. The maximum Gasteiger partial charge on any atom is 0.276 e. The van der Waals surface area contributed by atoms with Crippen molar-refractivity contribution in [2.45, 2.75) is 6.54 Å². The van der Waals surface area contributed by atoms with Gasteiger partial charge in [0.1, 0.15) is 11.8 Å². The predicted molar refractivity (Wildman–Crippen MR) is 100 cm³/mol. The zero-order valence-electron chi connectivity index (χ0n) is 14.5. The summed E-state index contributed by atoms with van der Waals surface area (Å²) < 4.78 is 6.59. The molecule has 0 spiro atoms. The molecule has 7 heteroatoms. The second-order valence-electron chi connectivity index (χ2n) is 6.01. The number of aromatic nitrogens is 4. The number of hydrogen-bond donors (Lipinski definition) is 1. The zero-order valence-corrected chi connectivity index (χ0v) is 14.5. The van der Waals surface area contributed by atoms with Gasteiger partial charge in [0.15, 0.2) is 0 Å². The minimum Gasteiger partial charge on any atom is -0.497 e. The average Bonchev–Trinajstić information content (AvgIpc) is 3.24. The summed E-state index contributed by atoms with van der Waals surface area (Å²) in [6, 6.07) is 13.2. The Morgan fingerprint density at radius 2 is 2.15 bits per heavy atom. The highest BCUT2D eigenvalue weighted by molar-refractivity contribution is 5.93. The fraction of sp³-hybridized carbons (Fsp3) is 0.100. The second kappa shape index (κ2) is 6.77. The van der Waals surface area contributed by atoms with Gasteiger partial charge in [-0.05, 0) is 17.7 Å². The van der Waals surface area contributed by atoms with E-state index in [1.54, 1.807) is 37.8 Å². The molecule has 0 saturated carbocycles. The molecule has 0 unspecified atom stereocenters. The third-order valence-electron chi connectivity index (χ3n) is 4.41. The first-order valence-corrected chi connectivity index (χ1v) is 8.26. The maximum absolute atomic E-state index is 13.1. The lowest BCUT2D eigenvalue weighted by Crippen LogP contribution is -2.24. The van der Waals surface area contributed by atoms with Gasteiger partial charge in [-0.1, -0.05) is 24.3 Å². The second-order valence-corrected chi connectivity index (χ2v) is 6.01. The molecule has 4 rings (SSSR count). The van der Waals surface area contributed by atoms with Crippen LogP contribution in [-0.2, 0) is 6.54 Å². The van der Waals surface area contributed by atoms with Crippen LogP contribution in [0.15, 0.2) is 59.8 Å². The van der Waals surface area contributed by atoms with E-state index in [1.807, 2.05) is 24.3 Å². The number of H-pyrrole nitrogens is 1. The van der Waals surface area contributed by atoms with E-state index in [-0.39, 0.29) is 12.1 Å². The number of aromatic amines is 1. The van der Waals surface area contributed by atoms with E-state index in [2.05, 4.69) is 21.4 Å². The van der Waals surface area contributed by atoms with Crippen molar-refractivity contribution >= 4 is 10.8 Å². The molecule has 2 heterocycles. The lowest BCUT2D eigenvalue weighted by atomic mass is 9.98. The first-order chi connectivity index (χ1) is 13.2. The molecule has 2 aromatic carbocycles. The lowest BCUT2D eigenvalue weighted by Gasteiger charge is -2.10. The molecule has 0 aliphatic heterocycles. The summed E-state index contributed by atoms with van der Waals surface area (Å²) in [6.07, 6.45) is 4.92. The van der Waals surface area contributed by atoms with Crippen LogP contribution in [0.2, 0.25) is 0 Å². The molecule has 7 nitrogen and oxygen atoms in total. The number of hydrogen-bond acceptors (Lipinski definition) is 5. The van der Waals surface area contributed by atoms with Crippen LogP contribution < -0.4 is 10.3 Å². The Bertz CT molecular complexity index is 1220. The van der Waals surface area contributed by atoms with Crippen LogP contribution in [0.4, 0.5) is 0 Å². The number of methoxy groups -OCH3 is 1. The van der Waals surface area contributed by atoms with Gasteiger partial charge in [-0.25, -0.2) is 4.68 Å². The Kier molecular flexibility index (Phi) is 4.15. The van der Waals surface area contributed by atoms with Crippen LogP contribution in [0.1, 0.15) is 11.1 Å². The van der Waals surface area contributed by atoms with E-state index in [9.17, 15) is 10.1 Å². The summed E-state index contributed by atoms with van der Waals surface area (Å²) >= 11 is 0. The minimum absolute atomic E-state index is 0.285. The lowest BCUT2D eigenvalue weighted by molar-refractivity contribution is 0.414. The van der Waals surface area contributed by atoms with Crippen molar-refractivity contribution < 1.29 is 4.74 Å². The monoisotopic (exact) mass is 357 g/mol. The van der Waals surface area contributed by atoms with E-state index >= 15 is 0 Å². The average molecular weight is 357 g/mol. The normalized spacial score (nSPS) is 10.7. The standard InChI is InChI=1S/C20H15N5O2/c1-27-16-4-2-3-13(7-16)12-25-20(26)19-14(11-24-25)5-6-17(18(19)8-21)15-9-22-23-10-15/h2-7,9-11H,12H2,1H3,(H,22,23). The Balaban J connectivity index is 1.88. The molecule has 0 radical (unpaired) electrons. The van der Waals surface area contributed by atoms with Crippen molar-refractivity contribution in [3.8, 4) is 22.9 Å². The van der Waals surface area contributed by atoms with Crippen molar-refractivity contribution in [2.75, 3.05) is 7.11 Å². The molecule has 0 aliphatic rings. The third kappa shape index (κ3) is 2.93. The van der Waals surface area contributed by atoms with Gasteiger partial charge in [-0.2, -0.15) is 15.5 Å². The molecule has 132 valence electrons. The Labute approximate surface area is 154 Å². The highest BCUT2D eigenvalue weighted by atomic mass is 16.5. The van der Waals surface area contributed by atoms with Crippen molar-refractivity contribution in [1.82, 2.24) is 20.0 Å². The molecule has 1 N–H and O–H groups in total. The summed E-state index contributed by atoms with van der Waals surface area (Å²) in [6.45, 7) is 0.285. The molecule has 0 fully saturated rings. The first kappa shape index (κ1) is 16.5. The largest absolute Gasteiger partial charge is 0.497 e. The van der Waals surface area contributed by atoms with Gasteiger partial charge in [0.2, 0.25) is 0 Å². The van der Waals surface area contributed by atoms with E-state index < -0.39 is 0 Å². The van der Waals surface area contributed by atoms with Gasteiger partial charge < -0.3 is 4.74 Å². The molecule has 4 aromatic rings. The van der Waals surface area contributed by atoms with E-state index in [0.29, 0.717) is 27.6 Å². The van der Waals surface area contributed by atoms with Crippen molar-refractivity contribution in [1.29, 1.82) is 5.26 Å². The number of nitrogens with one attached hydrogen (secondary N) is 1. The number of ether oxygens (including phenoxy) is 1. The molecule has 2 aromatic heterocycles. The number of fused-ring (bicyclic) bond motifs is 1. The Morgan fingerprint density at radius 1 is 1.26 bits per heavy atom. The smallest absolute Gasteiger partial charge is 0.276 e. The third-order valence-corrected chi connectivity index (χ3v) is 4.41. The number of benzene rings is 2. The summed E-state index contributed by atoms with van der Waals surface area (Å²) in [7, 11) is 1.59. The SMILES string of the molecule is COc1cccc(Cn2ncc3ccc(-c4cn[nH]c4)c(C#N)c3c2=O)c1. The highest BCUT2D eigenvalue weighted by Crippen LogP contribution is 2.27. The molecule has 0 bridgehead atoms. The van der Waals surface area contributed by atoms with Crippen LogP contribution in [0.3, 0.4) is 0 Å². The Hall–Kier alpha value is -3.92. The Morgan fingerprint density at radius 3 is 2.89 bits per heavy atom. The maximum atomic E-state index is 13.1. The van der Waals surface area contributed by atoms with Gasteiger partial charge in [-0.15, -0.1) is 0 Å². The summed E-state index contributed by atoms with van der Waals surface area (Å²) in [4.78, 5) is 13.1. The fourth-order valence-electron chi connectivity index (χ4n) is 3.08. The fourth-order valence-corrected chi connectivity index (χ4v) is 3.08. The van der Waals surface area contributed by atoms with Gasteiger partial charge in [0, 0.05) is 22.7 Å². The quantitative estimate of drug-likeness (QED) is 0.606. The molecule has 0 amide bonds. The van der Waals surface area contributed by atoms with Gasteiger partial charge >= 0.3 is 0 Å². The molecular weight excluding hydrogens is 342 g/mol. The van der Waals surface area contributed by atoms with Crippen LogP contribution in [0, 0.1) is 11.3 Å². The molecule has 0 atom stereocenters. The van der Waals surface area contributed by atoms with Crippen LogP contribution in [0.25, 0.3) is 21.9 Å². The van der Waals surface area contributed by atoms with Crippen LogP contribution in [-0.4, -0.2) is 27.1 Å². The highest BCUT2D eigenvalue weighted by Gasteiger charge is 2.15. The van der Waals surface area contributed by atoms with Crippen molar-refractivity contribution in [2.24, 2.45) is 0 Å². The first-order valence-electron chi connectivity index (χ1n) is 8.26. The van der Waals surface area contributed by atoms with E-state index in [1.165, 1.54) is 4.68 Å². The predicted octanol–water partition coefficient (Wildman–Crippen LogP) is 2.72. The number of nitriles is 1. The minimum atomic E-state index is -0.308. The summed E-state index contributed by atoms with van der Waals surface area (Å²) in [5, 5.41) is 21.6. The molecule has 27 heavy (non-hydrogen) atoms. The van der Waals surface area contributed by atoms with Crippen molar-refractivity contribution in [3.63, 3.8) is 0 Å². The molecule has 0 saturated heterocycles. The van der Waals surface area contributed by atoms with E-state index in [0.717, 1.165) is 11.1 Å². The van der Waals surface area contributed by atoms with Crippen molar-refractivity contribution in [3.05, 3.63) is 76.5 Å². The van der Waals surface area contributed by atoms with Gasteiger partial charge in [0.05, 0.1) is 37.0 Å². The molecule has 0 aliphatic carbocycles. The van der Waals surface area contributed by atoms with E-state index in [4.69, 9.17) is 4.74 Å². The van der Waals surface area contributed by atoms with Gasteiger partial charge in [0.25, 0.3) is 5.56 Å². The summed E-state index contributed by atoms with van der Waals surface area (Å²) in [5.41, 5.74) is 2.31.